The van der Waals surface area contributed by atoms with Gasteiger partial charge in [0.15, 0.2) is 5.82 Å². The van der Waals surface area contributed by atoms with Gasteiger partial charge < -0.3 is 15.8 Å². The van der Waals surface area contributed by atoms with Crippen LogP contribution in [0, 0.1) is 0 Å². The highest BCUT2D eigenvalue weighted by Gasteiger charge is 2.20. The Bertz CT molecular complexity index is 1050. The number of aromatic nitrogens is 4. The number of nitrogens with zero attached hydrogens (tertiary/aromatic N) is 4. The number of rotatable bonds is 6. The average Bonchev–Trinajstić information content (AvgIpc) is 2.67. The van der Waals surface area contributed by atoms with Crippen molar-refractivity contribution in [2.45, 2.75) is 45.7 Å². The Labute approximate surface area is 163 Å². The van der Waals surface area contributed by atoms with Crippen molar-refractivity contribution in [2.24, 2.45) is 5.73 Å². The molecule has 0 aromatic carbocycles. The second-order valence-electron chi connectivity index (χ2n) is 7.40. The molecule has 0 radical (unpaired) electrons. The predicted molar refractivity (Wildman–Crippen MR) is 110 cm³/mol. The summed E-state index contributed by atoms with van der Waals surface area (Å²) < 4.78 is 6.84. The van der Waals surface area contributed by atoms with Crippen molar-refractivity contribution < 1.29 is 4.74 Å². The maximum absolute atomic E-state index is 12.0. The number of fused-ring (bicyclic) bond motifs is 1. The van der Waals surface area contributed by atoms with Crippen LogP contribution in [0.4, 0.5) is 11.6 Å². The van der Waals surface area contributed by atoms with Gasteiger partial charge in [0.05, 0.1) is 18.5 Å². The quantitative estimate of drug-likeness (QED) is 0.674. The molecular weight excluding hydrogens is 356 g/mol. The Balaban J connectivity index is 2.07. The number of hydrogen-bond acceptors (Lipinski definition) is 7. The Morgan fingerprint density at radius 1 is 1.21 bits per heavy atom. The molecule has 0 bridgehead atoms. The van der Waals surface area contributed by atoms with Gasteiger partial charge >= 0.3 is 0 Å². The molecule has 0 unspecified atom stereocenters. The number of pyridine rings is 2. The first kappa shape index (κ1) is 19.8. The molecule has 3 aromatic heterocycles. The van der Waals surface area contributed by atoms with E-state index in [1.165, 1.54) is 10.7 Å². The van der Waals surface area contributed by atoms with Crippen molar-refractivity contribution in [2.75, 3.05) is 12.4 Å². The highest BCUT2D eigenvalue weighted by atomic mass is 16.5. The summed E-state index contributed by atoms with van der Waals surface area (Å²) in [5.74, 6) is 1.62. The number of anilines is 2. The zero-order valence-corrected chi connectivity index (χ0v) is 16.9. The monoisotopic (exact) mass is 382 g/mol. The summed E-state index contributed by atoms with van der Waals surface area (Å²) in [5.41, 5.74) is 6.50. The molecule has 3 aromatic rings. The normalized spacial score (nSPS) is 12.8. The lowest BCUT2D eigenvalue weighted by molar-refractivity contribution is 0.402. The van der Waals surface area contributed by atoms with Crippen molar-refractivity contribution in [3.63, 3.8) is 0 Å². The van der Waals surface area contributed by atoms with Crippen LogP contribution in [0.2, 0.25) is 0 Å². The summed E-state index contributed by atoms with van der Waals surface area (Å²) in [6, 6.07) is 5.06. The first-order valence-electron chi connectivity index (χ1n) is 9.23. The van der Waals surface area contributed by atoms with Crippen molar-refractivity contribution in [3.05, 3.63) is 46.5 Å². The fourth-order valence-corrected chi connectivity index (χ4v) is 2.97. The largest absolute Gasteiger partial charge is 0.481 e. The van der Waals surface area contributed by atoms with Crippen LogP contribution in [-0.4, -0.2) is 26.9 Å². The van der Waals surface area contributed by atoms with E-state index in [1.54, 1.807) is 25.6 Å². The zero-order valence-electron chi connectivity index (χ0n) is 16.9. The number of hydrogen-bond donors (Lipinski definition) is 2. The van der Waals surface area contributed by atoms with Crippen molar-refractivity contribution in [1.82, 2.24) is 19.7 Å². The molecule has 3 rings (SSSR count). The van der Waals surface area contributed by atoms with Crippen LogP contribution < -0.4 is 21.3 Å². The van der Waals surface area contributed by atoms with Gasteiger partial charge in [0, 0.05) is 24.0 Å². The maximum atomic E-state index is 12.0. The van der Waals surface area contributed by atoms with Crippen molar-refractivity contribution in [3.8, 4) is 5.88 Å². The van der Waals surface area contributed by atoms with Gasteiger partial charge in [-0.3, -0.25) is 4.79 Å². The highest BCUT2D eigenvalue weighted by Crippen LogP contribution is 2.32. The first-order valence-corrected chi connectivity index (χ1v) is 9.23. The molecule has 28 heavy (non-hydrogen) atoms. The van der Waals surface area contributed by atoms with Crippen molar-refractivity contribution in [1.29, 1.82) is 0 Å². The van der Waals surface area contributed by atoms with Gasteiger partial charge in [0.1, 0.15) is 5.82 Å². The maximum Gasteiger partial charge on any atom is 0.267 e. The Hall–Kier alpha value is -3.00. The SMILES string of the molecule is CC[C@H](C)n1nc(Nc2cc3c(C(C)(C)N)cnc(OC)c3cn2)ccc1=O. The van der Waals surface area contributed by atoms with E-state index < -0.39 is 5.54 Å². The van der Waals surface area contributed by atoms with E-state index in [2.05, 4.69) is 20.4 Å². The van der Waals surface area contributed by atoms with E-state index in [9.17, 15) is 4.79 Å². The lowest BCUT2D eigenvalue weighted by Gasteiger charge is -2.22. The molecule has 8 nitrogen and oxygen atoms in total. The lowest BCUT2D eigenvalue weighted by atomic mass is 9.93. The summed E-state index contributed by atoms with van der Waals surface area (Å²) in [6.45, 7) is 7.82. The van der Waals surface area contributed by atoms with E-state index in [-0.39, 0.29) is 11.6 Å². The van der Waals surface area contributed by atoms with Crippen LogP contribution in [0.1, 0.15) is 45.7 Å². The van der Waals surface area contributed by atoms with Crippen molar-refractivity contribution >= 4 is 22.4 Å². The highest BCUT2D eigenvalue weighted by molar-refractivity contribution is 5.91. The fraction of sp³-hybridized carbons (Fsp3) is 0.400. The predicted octanol–water partition coefficient (Wildman–Crippen LogP) is 3.10. The Kier molecular flexibility index (Phi) is 5.33. The van der Waals surface area contributed by atoms with E-state index in [1.807, 2.05) is 33.8 Å². The minimum Gasteiger partial charge on any atom is -0.481 e. The average molecular weight is 382 g/mol. The number of nitrogens with one attached hydrogen (secondary N) is 1. The summed E-state index contributed by atoms with van der Waals surface area (Å²) >= 11 is 0. The van der Waals surface area contributed by atoms with Crippen LogP contribution in [0.15, 0.2) is 35.4 Å². The molecule has 3 heterocycles. The lowest BCUT2D eigenvalue weighted by Crippen LogP contribution is -2.29. The second kappa shape index (κ2) is 7.55. The van der Waals surface area contributed by atoms with E-state index in [4.69, 9.17) is 10.5 Å². The summed E-state index contributed by atoms with van der Waals surface area (Å²) in [4.78, 5) is 20.8. The number of ether oxygens (including phenoxy) is 1. The molecule has 0 amide bonds. The Morgan fingerprint density at radius 2 is 1.96 bits per heavy atom. The van der Waals surface area contributed by atoms with Crippen LogP contribution in [-0.2, 0) is 5.54 Å². The van der Waals surface area contributed by atoms with Gasteiger partial charge in [-0.25, -0.2) is 14.6 Å². The summed E-state index contributed by atoms with van der Waals surface area (Å²) in [7, 11) is 1.57. The third-order valence-corrected chi connectivity index (χ3v) is 4.71. The van der Waals surface area contributed by atoms with Crippen LogP contribution in [0.3, 0.4) is 0 Å². The van der Waals surface area contributed by atoms with Gasteiger partial charge in [-0.2, -0.15) is 5.10 Å². The molecule has 0 saturated carbocycles. The molecule has 148 valence electrons. The van der Waals surface area contributed by atoms with Gasteiger partial charge in [-0.15, -0.1) is 0 Å². The molecule has 0 aliphatic heterocycles. The van der Waals surface area contributed by atoms with E-state index in [0.29, 0.717) is 17.5 Å². The van der Waals surface area contributed by atoms with Gasteiger partial charge in [0.2, 0.25) is 5.88 Å². The minimum absolute atomic E-state index is 0.0128. The van der Waals surface area contributed by atoms with Crippen LogP contribution in [0.25, 0.3) is 10.8 Å². The molecule has 0 aliphatic rings. The van der Waals surface area contributed by atoms with Gasteiger partial charge in [0.25, 0.3) is 5.56 Å². The molecule has 0 aliphatic carbocycles. The molecule has 0 saturated heterocycles. The zero-order chi connectivity index (χ0) is 20.5. The summed E-state index contributed by atoms with van der Waals surface area (Å²) in [6.07, 6.45) is 4.24. The fourth-order valence-electron chi connectivity index (χ4n) is 2.97. The van der Waals surface area contributed by atoms with Crippen LogP contribution >= 0.6 is 0 Å². The number of nitrogens with two attached hydrogens (primary N) is 1. The van der Waals surface area contributed by atoms with Crippen LogP contribution in [0.5, 0.6) is 5.88 Å². The van der Waals surface area contributed by atoms with Gasteiger partial charge in [-0.1, -0.05) is 6.92 Å². The molecule has 1 atom stereocenters. The van der Waals surface area contributed by atoms with E-state index >= 15 is 0 Å². The smallest absolute Gasteiger partial charge is 0.267 e. The minimum atomic E-state index is -0.585. The number of methoxy groups -OCH3 is 1. The second-order valence-corrected chi connectivity index (χ2v) is 7.40. The Morgan fingerprint density at radius 3 is 2.61 bits per heavy atom. The van der Waals surface area contributed by atoms with Gasteiger partial charge in [-0.05, 0) is 50.3 Å². The summed E-state index contributed by atoms with van der Waals surface area (Å²) in [5, 5.41) is 9.26. The molecule has 0 spiro atoms. The first-order chi connectivity index (χ1) is 13.2. The molecule has 3 N–H and O–H groups in total. The third kappa shape index (κ3) is 3.82. The molecular formula is C20H26N6O2. The standard InChI is InChI=1S/C20H26N6O2/c1-6-12(2)26-18(27)8-7-16(25-26)24-17-9-13-14(10-22-17)19(28-5)23-11-15(13)20(3,4)21/h7-12H,6,21H2,1-5H3,(H,22,24,25)/t12-/m0/s1. The topological polar surface area (TPSA) is 108 Å². The molecule has 0 fully saturated rings. The molecule has 8 heteroatoms. The van der Waals surface area contributed by atoms with E-state index in [0.717, 1.165) is 22.8 Å². The third-order valence-electron chi connectivity index (χ3n) is 4.71.